The maximum Gasteiger partial charge on any atom is 0.226 e. The molecule has 0 aromatic heterocycles. The smallest absolute Gasteiger partial charge is 0.226 e. The summed E-state index contributed by atoms with van der Waals surface area (Å²) in [5.74, 6) is 0.151. The standard InChI is InChI=1S/C10H20N2O3S/c1-10(2,4-5-16(3,14)15)12-9(13)8-6-11-7-8/h8,11H,4-7H2,1-3H3,(H,12,13). The van der Waals surface area contributed by atoms with Crippen molar-refractivity contribution in [2.75, 3.05) is 25.1 Å². The number of carbonyl (C=O) groups is 1. The van der Waals surface area contributed by atoms with Crippen LogP contribution in [0, 0.1) is 5.92 Å². The second kappa shape index (κ2) is 4.71. The average Bonchev–Trinajstić information content (AvgIpc) is 1.95. The second-order valence-corrected chi connectivity index (χ2v) is 7.37. The second-order valence-electron chi connectivity index (χ2n) is 5.11. The van der Waals surface area contributed by atoms with E-state index in [1.807, 2.05) is 13.8 Å². The van der Waals surface area contributed by atoms with Crippen molar-refractivity contribution < 1.29 is 13.2 Å². The summed E-state index contributed by atoms with van der Waals surface area (Å²) in [6.45, 7) is 5.13. The van der Waals surface area contributed by atoms with E-state index in [2.05, 4.69) is 10.6 Å². The van der Waals surface area contributed by atoms with E-state index in [0.29, 0.717) is 19.5 Å². The minimum absolute atomic E-state index is 0.0113. The van der Waals surface area contributed by atoms with Crippen LogP contribution in [0.15, 0.2) is 0 Å². The lowest BCUT2D eigenvalue weighted by Gasteiger charge is -2.32. The molecule has 0 radical (unpaired) electrons. The highest BCUT2D eigenvalue weighted by molar-refractivity contribution is 7.90. The van der Waals surface area contributed by atoms with Gasteiger partial charge in [0.05, 0.1) is 11.7 Å². The van der Waals surface area contributed by atoms with E-state index in [-0.39, 0.29) is 17.6 Å². The van der Waals surface area contributed by atoms with Gasteiger partial charge in [-0.05, 0) is 20.3 Å². The minimum atomic E-state index is -2.97. The van der Waals surface area contributed by atoms with E-state index in [1.54, 1.807) is 0 Å². The predicted octanol–water partition coefficient (Wildman–Crippen LogP) is -0.465. The number of nitrogens with one attached hydrogen (secondary N) is 2. The summed E-state index contributed by atoms with van der Waals surface area (Å²) >= 11 is 0. The van der Waals surface area contributed by atoms with Crippen LogP contribution < -0.4 is 10.6 Å². The number of sulfone groups is 1. The zero-order chi connectivity index (χ0) is 12.4. The van der Waals surface area contributed by atoms with E-state index in [0.717, 1.165) is 0 Å². The minimum Gasteiger partial charge on any atom is -0.351 e. The summed E-state index contributed by atoms with van der Waals surface area (Å²) in [4.78, 5) is 11.7. The summed E-state index contributed by atoms with van der Waals surface area (Å²) in [7, 11) is -2.97. The first-order chi connectivity index (χ1) is 7.20. The molecule has 0 bridgehead atoms. The van der Waals surface area contributed by atoms with Gasteiger partial charge in [-0.2, -0.15) is 0 Å². The van der Waals surface area contributed by atoms with Crippen molar-refractivity contribution in [1.29, 1.82) is 0 Å². The Morgan fingerprint density at radius 3 is 2.38 bits per heavy atom. The van der Waals surface area contributed by atoms with Crippen molar-refractivity contribution in [1.82, 2.24) is 10.6 Å². The van der Waals surface area contributed by atoms with Crippen LogP contribution in [0.5, 0.6) is 0 Å². The Morgan fingerprint density at radius 1 is 1.44 bits per heavy atom. The van der Waals surface area contributed by atoms with Gasteiger partial charge in [0.1, 0.15) is 9.84 Å². The molecule has 1 aliphatic heterocycles. The lowest BCUT2D eigenvalue weighted by atomic mass is 9.97. The summed E-state index contributed by atoms with van der Waals surface area (Å²) < 4.78 is 22.1. The van der Waals surface area contributed by atoms with Crippen LogP contribution in [0.1, 0.15) is 20.3 Å². The fourth-order valence-electron chi connectivity index (χ4n) is 1.41. The van der Waals surface area contributed by atoms with Gasteiger partial charge in [-0.25, -0.2) is 8.42 Å². The summed E-state index contributed by atoms with van der Waals surface area (Å²) in [5.41, 5.74) is -0.463. The van der Waals surface area contributed by atoms with Gasteiger partial charge in [-0.15, -0.1) is 0 Å². The Bertz CT molecular complexity index is 358. The molecule has 0 saturated carbocycles. The molecule has 0 aromatic carbocycles. The maximum atomic E-state index is 11.7. The molecule has 0 spiro atoms. The molecule has 1 amide bonds. The van der Waals surface area contributed by atoms with Crippen LogP contribution in [-0.4, -0.2) is 45.0 Å². The SMILES string of the molecule is CC(C)(CCS(C)(=O)=O)NC(=O)C1CNC1. The van der Waals surface area contributed by atoms with Crippen LogP contribution in [0.25, 0.3) is 0 Å². The molecule has 1 rings (SSSR count). The Morgan fingerprint density at radius 2 is 2.00 bits per heavy atom. The molecule has 0 aliphatic carbocycles. The average molecular weight is 248 g/mol. The number of amides is 1. The quantitative estimate of drug-likeness (QED) is 0.690. The van der Waals surface area contributed by atoms with Crippen LogP contribution in [-0.2, 0) is 14.6 Å². The highest BCUT2D eigenvalue weighted by Crippen LogP contribution is 2.12. The van der Waals surface area contributed by atoms with Crippen molar-refractivity contribution in [3.63, 3.8) is 0 Å². The Balaban J connectivity index is 2.41. The van der Waals surface area contributed by atoms with Gasteiger partial charge in [0.25, 0.3) is 0 Å². The van der Waals surface area contributed by atoms with Gasteiger partial charge in [-0.3, -0.25) is 4.79 Å². The molecule has 2 N–H and O–H groups in total. The zero-order valence-electron chi connectivity index (χ0n) is 10.0. The molecule has 6 heteroatoms. The van der Waals surface area contributed by atoms with Crippen molar-refractivity contribution >= 4 is 15.7 Å². The molecule has 1 aliphatic rings. The van der Waals surface area contributed by atoms with E-state index in [9.17, 15) is 13.2 Å². The molecule has 0 atom stereocenters. The van der Waals surface area contributed by atoms with Crippen molar-refractivity contribution in [3.05, 3.63) is 0 Å². The molecule has 1 saturated heterocycles. The van der Waals surface area contributed by atoms with E-state index < -0.39 is 15.4 Å². The first kappa shape index (κ1) is 13.4. The summed E-state index contributed by atoms with van der Waals surface area (Å²) in [5, 5.41) is 5.91. The first-order valence-electron chi connectivity index (χ1n) is 5.40. The van der Waals surface area contributed by atoms with E-state index in [1.165, 1.54) is 6.26 Å². The molecule has 0 unspecified atom stereocenters. The van der Waals surface area contributed by atoms with Gasteiger partial charge in [0.2, 0.25) is 5.91 Å². The van der Waals surface area contributed by atoms with Crippen molar-refractivity contribution in [3.8, 4) is 0 Å². The molecule has 5 nitrogen and oxygen atoms in total. The third kappa shape index (κ3) is 4.49. The van der Waals surface area contributed by atoms with Crippen LogP contribution in [0.3, 0.4) is 0 Å². The highest BCUT2D eigenvalue weighted by Gasteiger charge is 2.29. The van der Waals surface area contributed by atoms with Crippen molar-refractivity contribution in [2.45, 2.75) is 25.8 Å². The number of hydrogen-bond donors (Lipinski definition) is 2. The molecular weight excluding hydrogens is 228 g/mol. The maximum absolute atomic E-state index is 11.7. The van der Waals surface area contributed by atoms with Gasteiger partial charge < -0.3 is 10.6 Å². The van der Waals surface area contributed by atoms with Gasteiger partial charge in [-0.1, -0.05) is 0 Å². The lowest BCUT2D eigenvalue weighted by Crippen LogP contribution is -2.55. The Labute approximate surface area is 96.9 Å². The normalized spacial score (nSPS) is 17.9. The van der Waals surface area contributed by atoms with E-state index >= 15 is 0 Å². The molecule has 1 heterocycles. The molecule has 0 aromatic rings. The first-order valence-corrected chi connectivity index (χ1v) is 7.46. The molecule has 1 fully saturated rings. The number of rotatable bonds is 5. The fraction of sp³-hybridized carbons (Fsp3) is 0.900. The van der Waals surface area contributed by atoms with Gasteiger partial charge in [0, 0.05) is 24.9 Å². The largest absolute Gasteiger partial charge is 0.351 e. The molecule has 16 heavy (non-hydrogen) atoms. The number of carbonyl (C=O) groups excluding carboxylic acids is 1. The third-order valence-electron chi connectivity index (χ3n) is 2.71. The Kier molecular flexibility index (Phi) is 3.96. The zero-order valence-corrected chi connectivity index (χ0v) is 10.9. The van der Waals surface area contributed by atoms with Gasteiger partial charge >= 0.3 is 0 Å². The van der Waals surface area contributed by atoms with Gasteiger partial charge in [0.15, 0.2) is 0 Å². The summed E-state index contributed by atoms with van der Waals surface area (Å²) in [6, 6.07) is 0. The van der Waals surface area contributed by atoms with Crippen LogP contribution >= 0.6 is 0 Å². The Hall–Kier alpha value is -0.620. The molecular formula is C10H20N2O3S. The van der Waals surface area contributed by atoms with Crippen LogP contribution in [0.4, 0.5) is 0 Å². The fourth-order valence-corrected chi connectivity index (χ4v) is 2.29. The predicted molar refractivity (Wildman–Crippen MR) is 62.9 cm³/mol. The monoisotopic (exact) mass is 248 g/mol. The van der Waals surface area contributed by atoms with Crippen molar-refractivity contribution in [2.24, 2.45) is 5.92 Å². The number of hydrogen-bond acceptors (Lipinski definition) is 4. The topological polar surface area (TPSA) is 75.3 Å². The summed E-state index contributed by atoms with van der Waals surface area (Å²) in [6.07, 6.45) is 1.65. The highest BCUT2D eigenvalue weighted by atomic mass is 32.2. The molecule has 94 valence electrons. The van der Waals surface area contributed by atoms with E-state index in [4.69, 9.17) is 0 Å². The third-order valence-corrected chi connectivity index (χ3v) is 3.66. The van der Waals surface area contributed by atoms with Crippen LogP contribution in [0.2, 0.25) is 0 Å². The lowest BCUT2D eigenvalue weighted by molar-refractivity contribution is -0.128.